The van der Waals surface area contributed by atoms with Crippen molar-refractivity contribution in [3.63, 3.8) is 0 Å². The van der Waals surface area contributed by atoms with Gasteiger partial charge in [0, 0.05) is 24.7 Å². The molecule has 2 aliphatic rings. The number of hydrogen-bond donors (Lipinski definition) is 2. The minimum atomic E-state index is -3.50. The number of nitrogens with one attached hydrogen (secondary N) is 2. The number of carbonyl (C=O) groups is 1. The van der Waals surface area contributed by atoms with Gasteiger partial charge in [-0.15, -0.1) is 0 Å². The fourth-order valence-corrected chi connectivity index (χ4v) is 5.04. The zero-order chi connectivity index (χ0) is 18.6. The van der Waals surface area contributed by atoms with Crippen molar-refractivity contribution in [1.82, 2.24) is 4.31 Å². The number of quaternary nitrogens is 1. The van der Waals surface area contributed by atoms with Crippen LogP contribution in [0.25, 0.3) is 0 Å². The highest BCUT2D eigenvalue weighted by Gasteiger charge is 2.26. The Kier molecular flexibility index (Phi) is 6.29. The van der Waals surface area contributed by atoms with E-state index in [9.17, 15) is 13.2 Å². The number of nitrogens with zero attached hydrogens (tertiary/aromatic N) is 1. The smallest absolute Gasteiger partial charge is 0.279 e. The average Bonchev–Trinajstić information content (AvgIpc) is 2.63. The van der Waals surface area contributed by atoms with Gasteiger partial charge in [-0.1, -0.05) is 6.92 Å². The Morgan fingerprint density at radius 1 is 1.27 bits per heavy atom. The molecule has 1 aromatic rings. The number of benzene rings is 1. The van der Waals surface area contributed by atoms with Crippen LogP contribution in [0.15, 0.2) is 29.2 Å². The summed E-state index contributed by atoms with van der Waals surface area (Å²) in [7, 11) is -3.50. The molecule has 0 radical (unpaired) electrons. The van der Waals surface area contributed by atoms with E-state index >= 15 is 0 Å². The van der Waals surface area contributed by atoms with Crippen molar-refractivity contribution in [3.05, 3.63) is 24.3 Å². The molecule has 2 aliphatic heterocycles. The van der Waals surface area contributed by atoms with Crippen LogP contribution in [0.4, 0.5) is 5.69 Å². The quantitative estimate of drug-likeness (QED) is 0.749. The van der Waals surface area contributed by atoms with E-state index in [2.05, 4.69) is 12.2 Å². The van der Waals surface area contributed by atoms with Gasteiger partial charge in [-0.25, -0.2) is 8.42 Å². The number of ether oxygens (including phenoxy) is 1. The second-order valence-electron chi connectivity index (χ2n) is 7.22. The number of rotatable bonds is 5. The topological polar surface area (TPSA) is 80.2 Å². The van der Waals surface area contributed by atoms with E-state index in [1.807, 2.05) is 0 Å². The molecule has 0 saturated carbocycles. The van der Waals surface area contributed by atoms with Crippen LogP contribution in [0, 0.1) is 5.92 Å². The van der Waals surface area contributed by atoms with E-state index in [0.29, 0.717) is 44.5 Å². The molecule has 2 heterocycles. The summed E-state index contributed by atoms with van der Waals surface area (Å²) in [5.74, 6) is 0.633. The molecule has 26 heavy (non-hydrogen) atoms. The maximum absolute atomic E-state index is 12.6. The standard InChI is InChI=1S/C18H27N3O4S/c1-15-3-2-8-20(13-15)14-18(22)19-16-4-6-17(7-5-16)26(23,24)21-9-11-25-12-10-21/h4-7,15H,2-3,8-14H2,1H3,(H,19,22)/p+1/t15-/m0/s1. The zero-order valence-corrected chi connectivity index (χ0v) is 16.1. The molecule has 2 N–H and O–H groups in total. The number of carbonyl (C=O) groups excluding carboxylic acids is 1. The van der Waals surface area contributed by atoms with Gasteiger partial charge < -0.3 is 15.0 Å². The molecule has 1 unspecified atom stereocenters. The summed E-state index contributed by atoms with van der Waals surface area (Å²) < 4.78 is 31.8. The molecule has 2 atom stereocenters. The van der Waals surface area contributed by atoms with Gasteiger partial charge in [0.25, 0.3) is 5.91 Å². The van der Waals surface area contributed by atoms with Crippen LogP contribution in [0.5, 0.6) is 0 Å². The van der Waals surface area contributed by atoms with E-state index in [1.54, 1.807) is 24.3 Å². The highest BCUT2D eigenvalue weighted by atomic mass is 32.2. The monoisotopic (exact) mass is 382 g/mol. The SMILES string of the molecule is C[C@H]1CCC[NH+](CC(=O)Nc2ccc(S(=O)(=O)N3CCOCC3)cc2)C1. The maximum Gasteiger partial charge on any atom is 0.279 e. The third-order valence-corrected chi connectivity index (χ3v) is 6.93. The van der Waals surface area contributed by atoms with Gasteiger partial charge >= 0.3 is 0 Å². The van der Waals surface area contributed by atoms with Crippen molar-refractivity contribution in [2.75, 3.05) is 51.3 Å². The minimum Gasteiger partial charge on any atom is -0.379 e. The fourth-order valence-electron chi connectivity index (χ4n) is 3.64. The van der Waals surface area contributed by atoms with Crippen LogP contribution in [-0.2, 0) is 19.6 Å². The van der Waals surface area contributed by atoms with Crippen LogP contribution in [0.1, 0.15) is 19.8 Å². The lowest BCUT2D eigenvalue weighted by Crippen LogP contribution is -3.14. The van der Waals surface area contributed by atoms with E-state index < -0.39 is 10.0 Å². The average molecular weight is 383 g/mol. The third-order valence-electron chi connectivity index (χ3n) is 5.02. The van der Waals surface area contributed by atoms with Crippen molar-refractivity contribution in [3.8, 4) is 0 Å². The van der Waals surface area contributed by atoms with Crippen LogP contribution in [0.2, 0.25) is 0 Å². The molecule has 7 nitrogen and oxygen atoms in total. The number of morpholine rings is 1. The maximum atomic E-state index is 12.6. The summed E-state index contributed by atoms with van der Waals surface area (Å²) >= 11 is 0. The minimum absolute atomic E-state index is 0.0297. The highest BCUT2D eigenvalue weighted by Crippen LogP contribution is 2.19. The first-order valence-electron chi connectivity index (χ1n) is 9.26. The van der Waals surface area contributed by atoms with E-state index in [4.69, 9.17) is 4.74 Å². The summed E-state index contributed by atoms with van der Waals surface area (Å²) in [6.07, 6.45) is 2.40. The van der Waals surface area contributed by atoms with Crippen molar-refractivity contribution in [2.24, 2.45) is 5.92 Å². The molecule has 1 aromatic carbocycles. The Labute approximate surface area is 155 Å². The van der Waals surface area contributed by atoms with Gasteiger partial charge in [-0.2, -0.15) is 4.31 Å². The first kappa shape index (κ1) is 19.3. The lowest BCUT2D eigenvalue weighted by atomic mass is 10.0. The predicted octanol–water partition coefficient (Wildman–Crippen LogP) is -0.0392. The molecular weight excluding hydrogens is 354 g/mol. The summed E-state index contributed by atoms with van der Waals surface area (Å²) in [4.78, 5) is 13.8. The summed E-state index contributed by atoms with van der Waals surface area (Å²) in [5, 5.41) is 2.87. The van der Waals surface area contributed by atoms with E-state index in [1.165, 1.54) is 15.6 Å². The first-order chi connectivity index (χ1) is 12.4. The molecule has 144 valence electrons. The Morgan fingerprint density at radius 3 is 2.62 bits per heavy atom. The number of piperidine rings is 1. The predicted molar refractivity (Wildman–Crippen MR) is 98.6 cm³/mol. The summed E-state index contributed by atoms with van der Waals surface area (Å²) in [5.41, 5.74) is 0.625. The van der Waals surface area contributed by atoms with Crippen LogP contribution < -0.4 is 10.2 Å². The molecular formula is C18H28N3O4S+. The largest absolute Gasteiger partial charge is 0.379 e. The normalized spacial score (nSPS) is 25.0. The fraction of sp³-hybridized carbons (Fsp3) is 0.611. The van der Waals surface area contributed by atoms with Crippen molar-refractivity contribution < 1.29 is 22.8 Å². The number of sulfonamides is 1. The Bertz CT molecular complexity index is 714. The number of amides is 1. The lowest BCUT2D eigenvalue weighted by Gasteiger charge is -2.27. The Morgan fingerprint density at radius 2 is 1.96 bits per heavy atom. The summed E-state index contributed by atoms with van der Waals surface area (Å²) in [6, 6.07) is 6.41. The van der Waals surface area contributed by atoms with Gasteiger partial charge in [-0.05, 0) is 37.1 Å². The molecule has 0 aromatic heterocycles. The van der Waals surface area contributed by atoms with Crippen LogP contribution in [0.3, 0.4) is 0 Å². The van der Waals surface area contributed by atoms with Crippen molar-refractivity contribution >= 4 is 21.6 Å². The van der Waals surface area contributed by atoms with Gasteiger partial charge in [0.05, 0.1) is 31.2 Å². The van der Waals surface area contributed by atoms with Gasteiger partial charge in [-0.3, -0.25) is 4.79 Å². The molecule has 0 spiro atoms. The van der Waals surface area contributed by atoms with Gasteiger partial charge in [0.1, 0.15) is 0 Å². The second-order valence-corrected chi connectivity index (χ2v) is 9.16. The Hall–Kier alpha value is -1.48. The second kappa shape index (κ2) is 8.47. The van der Waals surface area contributed by atoms with E-state index in [-0.39, 0.29) is 10.8 Å². The van der Waals surface area contributed by atoms with Crippen molar-refractivity contribution in [1.29, 1.82) is 0 Å². The summed E-state index contributed by atoms with van der Waals surface area (Å²) in [6.45, 7) is 6.34. The first-order valence-corrected chi connectivity index (χ1v) is 10.7. The molecule has 2 fully saturated rings. The highest BCUT2D eigenvalue weighted by molar-refractivity contribution is 7.89. The van der Waals surface area contributed by atoms with Gasteiger partial charge in [0.2, 0.25) is 10.0 Å². The molecule has 0 bridgehead atoms. The van der Waals surface area contributed by atoms with E-state index in [0.717, 1.165) is 19.5 Å². The lowest BCUT2D eigenvalue weighted by molar-refractivity contribution is -0.900. The van der Waals surface area contributed by atoms with Crippen LogP contribution >= 0.6 is 0 Å². The molecule has 8 heteroatoms. The molecule has 2 saturated heterocycles. The third kappa shape index (κ3) is 4.82. The molecule has 1 amide bonds. The van der Waals surface area contributed by atoms with Crippen LogP contribution in [-0.4, -0.2) is 64.6 Å². The van der Waals surface area contributed by atoms with Crippen molar-refractivity contribution in [2.45, 2.75) is 24.7 Å². The number of hydrogen-bond acceptors (Lipinski definition) is 4. The molecule has 3 rings (SSSR count). The zero-order valence-electron chi connectivity index (χ0n) is 15.2. The Balaban J connectivity index is 1.57. The molecule has 0 aliphatic carbocycles. The number of anilines is 1. The number of likely N-dealkylation sites (tertiary alicyclic amines) is 1. The van der Waals surface area contributed by atoms with Gasteiger partial charge in [0.15, 0.2) is 6.54 Å².